The number of rotatable bonds is 6. The van der Waals surface area contributed by atoms with E-state index in [1.165, 1.54) is 37.7 Å². The highest BCUT2D eigenvalue weighted by molar-refractivity contribution is 7.89. The van der Waals surface area contributed by atoms with Crippen molar-refractivity contribution in [2.45, 2.75) is 11.8 Å². The molecular formula is C13H20N2O4S. The lowest BCUT2D eigenvalue weighted by Crippen LogP contribution is -2.28. The average molecular weight is 300 g/mol. The summed E-state index contributed by atoms with van der Waals surface area (Å²) in [6, 6.07) is 2.79. The quantitative estimate of drug-likeness (QED) is 0.635. The van der Waals surface area contributed by atoms with Gasteiger partial charge in [-0.1, -0.05) is 12.2 Å². The van der Waals surface area contributed by atoms with Crippen molar-refractivity contribution in [2.24, 2.45) is 0 Å². The number of anilines is 1. The number of benzene rings is 1. The van der Waals surface area contributed by atoms with Gasteiger partial charge in [-0.05, 0) is 13.0 Å². The smallest absolute Gasteiger partial charge is 0.246 e. The van der Waals surface area contributed by atoms with E-state index in [2.05, 4.69) is 6.58 Å². The normalized spacial score (nSPS) is 11.4. The summed E-state index contributed by atoms with van der Waals surface area (Å²) >= 11 is 0. The van der Waals surface area contributed by atoms with Gasteiger partial charge in [0.15, 0.2) is 0 Å². The molecule has 0 amide bonds. The Hall–Kier alpha value is -1.73. The van der Waals surface area contributed by atoms with E-state index in [9.17, 15) is 8.42 Å². The second-order valence-corrected chi connectivity index (χ2v) is 6.48. The molecule has 1 aromatic rings. The van der Waals surface area contributed by atoms with Gasteiger partial charge in [0.05, 0.1) is 19.9 Å². The molecule has 1 rings (SSSR count). The highest BCUT2D eigenvalue weighted by Crippen LogP contribution is 2.35. The lowest BCUT2D eigenvalue weighted by atomic mass is 10.3. The van der Waals surface area contributed by atoms with E-state index in [-0.39, 0.29) is 22.9 Å². The Balaban J connectivity index is 3.37. The number of nitrogen functional groups attached to an aromatic ring is 1. The fourth-order valence-electron chi connectivity index (χ4n) is 1.73. The molecule has 7 heteroatoms. The van der Waals surface area contributed by atoms with Crippen LogP contribution in [0.1, 0.15) is 6.92 Å². The molecule has 0 saturated carbocycles. The summed E-state index contributed by atoms with van der Waals surface area (Å²) in [5, 5.41) is 0. The molecule has 0 saturated heterocycles. The predicted octanol–water partition coefficient (Wildman–Crippen LogP) is 1.48. The SMILES string of the molecule is C=C(C)CN(C)S(=O)(=O)c1cc(N)c(OC)cc1OC. The first-order valence-electron chi connectivity index (χ1n) is 5.86. The van der Waals surface area contributed by atoms with Crippen molar-refractivity contribution in [1.82, 2.24) is 4.31 Å². The van der Waals surface area contributed by atoms with Crippen molar-refractivity contribution >= 4 is 15.7 Å². The van der Waals surface area contributed by atoms with E-state index in [4.69, 9.17) is 15.2 Å². The third kappa shape index (κ3) is 3.23. The van der Waals surface area contributed by atoms with Crippen LogP contribution >= 0.6 is 0 Å². The Morgan fingerprint density at radius 3 is 2.30 bits per heavy atom. The molecule has 0 unspecified atom stereocenters. The lowest BCUT2D eigenvalue weighted by molar-refractivity contribution is 0.385. The highest BCUT2D eigenvalue weighted by atomic mass is 32.2. The third-order valence-electron chi connectivity index (χ3n) is 2.70. The van der Waals surface area contributed by atoms with Crippen LogP contribution in [0.2, 0.25) is 0 Å². The number of likely N-dealkylation sites (N-methyl/N-ethyl adjacent to an activating group) is 1. The molecule has 20 heavy (non-hydrogen) atoms. The van der Waals surface area contributed by atoms with Gasteiger partial charge in [-0.3, -0.25) is 0 Å². The maximum atomic E-state index is 12.5. The van der Waals surface area contributed by atoms with Gasteiger partial charge in [0.1, 0.15) is 16.4 Å². The number of hydrogen-bond donors (Lipinski definition) is 1. The number of nitrogens with two attached hydrogens (primary N) is 1. The first-order chi connectivity index (χ1) is 9.23. The molecule has 112 valence electrons. The monoisotopic (exact) mass is 300 g/mol. The van der Waals surface area contributed by atoms with Gasteiger partial charge in [0, 0.05) is 19.7 Å². The van der Waals surface area contributed by atoms with Gasteiger partial charge in [0.25, 0.3) is 0 Å². The summed E-state index contributed by atoms with van der Waals surface area (Å²) in [7, 11) is 0.606. The number of sulfonamides is 1. The molecule has 0 aliphatic carbocycles. The van der Waals surface area contributed by atoms with Gasteiger partial charge >= 0.3 is 0 Å². The number of hydrogen-bond acceptors (Lipinski definition) is 5. The van der Waals surface area contributed by atoms with E-state index < -0.39 is 10.0 Å². The summed E-state index contributed by atoms with van der Waals surface area (Å²) < 4.78 is 36.4. The molecule has 0 atom stereocenters. The summed E-state index contributed by atoms with van der Waals surface area (Å²) in [6.45, 7) is 5.68. The molecule has 0 aromatic heterocycles. The van der Waals surface area contributed by atoms with Crippen molar-refractivity contribution in [2.75, 3.05) is 33.5 Å². The number of methoxy groups -OCH3 is 2. The molecule has 0 radical (unpaired) electrons. The maximum absolute atomic E-state index is 12.5. The average Bonchev–Trinajstić information content (AvgIpc) is 2.37. The molecule has 6 nitrogen and oxygen atoms in total. The van der Waals surface area contributed by atoms with Gasteiger partial charge in [-0.2, -0.15) is 4.31 Å². The van der Waals surface area contributed by atoms with Crippen LogP contribution in [0.5, 0.6) is 11.5 Å². The Morgan fingerprint density at radius 1 is 1.30 bits per heavy atom. The molecule has 0 bridgehead atoms. The van der Waals surface area contributed by atoms with Crippen molar-refractivity contribution in [1.29, 1.82) is 0 Å². The van der Waals surface area contributed by atoms with E-state index in [1.54, 1.807) is 6.92 Å². The van der Waals surface area contributed by atoms with Crippen molar-refractivity contribution in [3.05, 3.63) is 24.3 Å². The second-order valence-electron chi connectivity index (χ2n) is 4.46. The van der Waals surface area contributed by atoms with Gasteiger partial charge in [-0.25, -0.2) is 8.42 Å². The lowest BCUT2D eigenvalue weighted by Gasteiger charge is -2.20. The Morgan fingerprint density at radius 2 is 1.85 bits per heavy atom. The van der Waals surface area contributed by atoms with E-state index in [1.807, 2.05) is 0 Å². The van der Waals surface area contributed by atoms with Gasteiger partial charge in [0.2, 0.25) is 10.0 Å². The molecule has 1 aromatic carbocycles. The molecule has 0 aliphatic rings. The van der Waals surface area contributed by atoms with Gasteiger partial charge in [-0.15, -0.1) is 0 Å². The van der Waals surface area contributed by atoms with Crippen molar-refractivity contribution in [3.8, 4) is 11.5 Å². The summed E-state index contributed by atoms with van der Waals surface area (Å²) in [5.41, 5.74) is 6.74. The van der Waals surface area contributed by atoms with E-state index in [0.717, 1.165) is 5.57 Å². The molecular weight excluding hydrogens is 280 g/mol. The van der Waals surface area contributed by atoms with E-state index >= 15 is 0 Å². The zero-order valence-electron chi connectivity index (χ0n) is 12.1. The number of nitrogens with zero attached hydrogens (tertiary/aromatic N) is 1. The van der Waals surface area contributed by atoms with Crippen LogP contribution in [-0.2, 0) is 10.0 Å². The van der Waals surface area contributed by atoms with Crippen LogP contribution < -0.4 is 15.2 Å². The fourth-order valence-corrected chi connectivity index (χ4v) is 3.13. The summed E-state index contributed by atoms with van der Waals surface area (Å²) in [4.78, 5) is 0.00190. The van der Waals surface area contributed by atoms with Crippen LogP contribution in [0.25, 0.3) is 0 Å². The standard InChI is InChI=1S/C13H20N2O4S/c1-9(2)8-15(3)20(16,17)13-6-10(14)11(18-4)7-12(13)19-5/h6-7H,1,8,14H2,2-5H3. The summed E-state index contributed by atoms with van der Waals surface area (Å²) in [5.74, 6) is 0.549. The van der Waals surface area contributed by atoms with Gasteiger partial charge < -0.3 is 15.2 Å². The molecule has 0 heterocycles. The van der Waals surface area contributed by atoms with Crippen LogP contribution in [-0.4, -0.2) is 40.5 Å². The van der Waals surface area contributed by atoms with E-state index in [0.29, 0.717) is 5.75 Å². The van der Waals surface area contributed by atoms with Crippen LogP contribution in [0.3, 0.4) is 0 Å². The predicted molar refractivity (Wildman–Crippen MR) is 78.6 cm³/mol. The molecule has 0 fully saturated rings. The number of ether oxygens (including phenoxy) is 2. The Labute approximate surface area is 119 Å². The minimum atomic E-state index is -3.71. The first kappa shape index (κ1) is 16.3. The van der Waals surface area contributed by atoms with Crippen LogP contribution in [0.15, 0.2) is 29.2 Å². The molecule has 0 aliphatic heterocycles. The van der Waals surface area contributed by atoms with Crippen molar-refractivity contribution in [3.63, 3.8) is 0 Å². The largest absolute Gasteiger partial charge is 0.495 e. The molecule has 2 N–H and O–H groups in total. The topological polar surface area (TPSA) is 81.9 Å². The van der Waals surface area contributed by atoms with Crippen LogP contribution in [0.4, 0.5) is 5.69 Å². The minimum absolute atomic E-state index is 0.00190. The summed E-state index contributed by atoms with van der Waals surface area (Å²) in [6.07, 6.45) is 0. The third-order valence-corrected chi connectivity index (χ3v) is 4.52. The first-order valence-corrected chi connectivity index (χ1v) is 7.30. The molecule has 0 spiro atoms. The Bertz CT molecular complexity index is 611. The van der Waals surface area contributed by atoms with Crippen LogP contribution in [0, 0.1) is 0 Å². The second kappa shape index (κ2) is 6.15. The van der Waals surface area contributed by atoms with Crippen molar-refractivity contribution < 1.29 is 17.9 Å². The zero-order chi connectivity index (χ0) is 15.5. The maximum Gasteiger partial charge on any atom is 0.246 e. The zero-order valence-corrected chi connectivity index (χ0v) is 13.0. The highest BCUT2D eigenvalue weighted by Gasteiger charge is 2.26. The fraction of sp³-hybridized carbons (Fsp3) is 0.385. The Kier molecular flexibility index (Phi) is 5.02. The minimum Gasteiger partial charge on any atom is -0.495 e.